The topological polar surface area (TPSA) is 81.7 Å². The van der Waals surface area contributed by atoms with Gasteiger partial charge in [0.15, 0.2) is 11.5 Å². The van der Waals surface area contributed by atoms with Gasteiger partial charge in [0, 0.05) is 0 Å². The van der Waals surface area contributed by atoms with E-state index in [2.05, 4.69) is 0 Å². The van der Waals surface area contributed by atoms with Crippen molar-refractivity contribution < 1.29 is 22.7 Å². The Balaban J connectivity index is 1.79. The number of carbonyl (C=O) groups excluding carboxylic acids is 1. The standard InChI is InChI=1S/C14H13NO5S2/c1-9-13(20-11-6-3-2-5-10(11)19-9)14(16)15-22(17,18)12-7-4-8-21-12/h2-9,13H,1H3,(H,15,16)/t9-,13+/m0/s1. The van der Waals surface area contributed by atoms with Crippen LogP contribution in [0, 0.1) is 0 Å². The van der Waals surface area contributed by atoms with Crippen molar-refractivity contribution in [1.82, 2.24) is 4.72 Å². The molecule has 0 saturated carbocycles. The van der Waals surface area contributed by atoms with Crippen LogP contribution in [0.25, 0.3) is 0 Å². The molecule has 2 aromatic rings. The summed E-state index contributed by atoms with van der Waals surface area (Å²) in [5, 5.41) is 1.62. The van der Waals surface area contributed by atoms with Gasteiger partial charge in [-0.1, -0.05) is 18.2 Å². The smallest absolute Gasteiger partial charge is 0.278 e. The zero-order valence-corrected chi connectivity index (χ0v) is 13.2. The SMILES string of the molecule is C[C@@H]1Oc2ccccc2O[C@H]1C(=O)NS(=O)(=O)c1cccs1. The van der Waals surface area contributed by atoms with Crippen molar-refractivity contribution in [2.75, 3.05) is 0 Å². The van der Waals surface area contributed by atoms with E-state index in [1.165, 1.54) is 6.07 Å². The molecule has 1 aliphatic rings. The zero-order chi connectivity index (χ0) is 15.7. The molecule has 6 nitrogen and oxygen atoms in total. The Morgan fingerprint density at radius 2 is 1.82 bits per heavy atom. The van der Waals surface area contributed by atoms with Gasteiger partial charge in [0.1, 0.15) is 10.3 Å². The van der Waals surface area contributed by atoms with Gasteiger partial charge in [0.05, 0.1) is 0 Å². The third-order valence-corrected chi connectivity index (χ3v) is 5.84. The Labute approximate surface area is 131 Å². The molecule has 1 amide bonds. The maximum Gasteiger partial charge on any atom is 0.278 e. The molecule has 3 rings (SSSR count). The summed E-state index contributed by atoms with van der Waals surface area (Å²) < 4.78 is 37.4. The van der Waals surface area contributed by atoms with Crippen molar-refractivity contribution in [3.8, 4) is 11.5 Å². The Bertz CT molecular complexity index is 785. The number of sulfonamides is 1. The van der Waals surface area contributed by atoms with Crippen LogP contribution in [0.1, 0.15) is 6.92 Å². The number of hydrogen-bond acceptors (Lipinski definition) is 6. The van der Waals surface area contributed by atoms with Crippen LogP contribution in [-0.2, 0) is 14.8 Å². The Kier molecular flexibility index (Phi) is 3.79. The van der Waals surface area contributed by atoms with E-state index in [0.717, 1.165) is 11.3 Å². The Hall–Kier alpha value is -2.06. The number of fused-ring (bicyclic) bond motifs is 1. The van der Waals surface area contributed by atoms with Crippen LogP contribution in [0.15, 0.2) is 46.0 Å². The lowest BCUT2D eigenvalue weighted by Gasteiger charge is -2.30. The Morgan fingerprint density at radius 3 is 2.45 bits per heavy atom. The maximum absolute atomic E-state index is 12.2. The highest BCUT2D eigenvalue weighted by atomic mass is 32.2. The number of carbonyl (C=O) groups is 1. The minimum Gasteiger partial charge on any atom is -0.482 e. The molecule has 2 heterocycles. The molecule has 0 unspecified atom stereocenters. The van der Waals surface area contributed by atoms with Crippen LogP contribution in [0.5, 0.6) is 11.5 Å². The number of benzene rings is 1. The molecule has 1 aromatic heterocycles. The summed E-state index contributed by atoms with van der Waals surface area (Å²) in [6, 6.07) is 9.95. The normalized spacial score (nSPS) is 20.4. The quantitative estimate of drug-likeness (QED) is 0.922. The van der Waals surface area contributed by atoms with Crippen LogP contribution in [0.4, 0.5) is 0 Å². The summed E-state index contributed by atoms with van der Waals surface area (Å²) in [6.45, 7) is 1.65. The number of para-hydroxylation sites is 2. The van der Waals surface area contributed by atoms with Crippen molar-refractivity contribution in [1.29, 1.82) is 0 Å². The highest BCUT2D eigenvalue weighted by molar-refractivity contribution is 7.92. The first-order valence-electron chi connectivity index (χ1n) is 6.50. The molecule has 22 heavy (non-hydrogen) atoms. The van der Waals surface area contributed by atoms with Gasteiger partial charge in [0.25, 0.3) is 15.9 Å². The summed E-state index contributed by atoms with van der Waals surface area (Å²) in [7, 11) is -3.88. The van der Waals surface area contributed by atoms with Crippen LogP contribution >= 0.6 is 11.3 Å². The average Bonchev–Trinajstić information content (AvgIpc) is 3.01. The second kappa shape index (κ2) is 5.62. The second-order valence-corrected chi connectivity index (χ2v) is 7.57. The maximum atomic E-state index is 12.2. The third-order valence-electron chi connectivity index (χ3n) is 3.10. The van der Waals surface area contributed by atoms with E-state index in [1.807, 2.05) is 4.72 Å². The molecule has 0 aliphatic carbocycles. The van der Waals surface area contributed by atoms with Crippen molar-refractivity contribution in [3.05, 3.63) is 41.8 Å². The molecule has 1 aliphatic heterocycles. The fourth-order valence-electron chi connectivity index (χ4n) is 2.06. The molecule has 0 radical (unpaired) electrons. The lowest BCUT2D eigenvalue weighted by atomic mass is 10.2. The molecule has 1 aromatic carbocycles. The minimum absolute atomic E-state index is 0.0747. The monoisotopic (exact) mass is 339 g/mol. The zero-order valence-electron chi connectivity index (χ0n) is 11.6. The van der Waals surface area contributed by atoms with Gasteiger partial charge in [-0.2, -0.15) is 0 Å². The van der Waals surface area contributed by atoms with E-state index in [0.29, 0.717) is 11.5 Å². The number of rotatable bonds is 3. The summed E-state index contributed by atoms with van der Waals surface area (Å²) in [5.41, 5.74) is 0. The molecule has 8 heteroatoms. The molecule has 0 spiro atoms. The van der Waals surface area contributed by atoms with E-state index in [4.69, 9.17) is 9.47 Å². The van der Waals surface area contributed by atoms with Gasteiger partial charge in [0.2, 0.25) is 6.10 Å². The van der Waals surface area contributed by atoms with Crippen molar-refractivity contribution >= 4 is 27.3 Å². The summed E-state index contributed by atoms with van der Waals surface area (Å²) in [4.78, 5) is 12.2. The highest BCUT2D eigenvalue weighted by Gasteiger charge is 2.36. The number of amides is 1. The lowest BCUT2D eigenvalue weighted by molar-refractivity contribution is -0.131. The van der Waals surface area contributed by atoms with Gasteiger partial charge in [-0.15, -0.1) is 11.3 Å². The van der Waals surface area contributed by atoms with Crippen LogP contribution in [-0.4, -0.2) is 26.5 Å². The molecule has 0 bridgehead atoms. The van der Waals surface area contributed by atoms with Gasteiger partial charge < -0.3 is 9.47 Å². The fraction of sp³-hybridized carbons (Fsp3) is 0.214. The fourth-order valence-corrected chi connectivity index (χ4v) is 4.05. The van der Waals surface area contributed by atoms with Gasteiger partial charge >= 0.3 is 0 Å². The summed E-state index contributed by atoms with van der Waals surface area (Å²) >= 11 is 1.03. The largest absolute Gasteiger partial charge is 0.482 e. The number of thiophene rings is 1. The molecular formula is C14H13NO5S2. The second-order valence-electron chi connectivity index (χ2n) is 4.71. The minimum atomic E-state index is -3.88. The first-order valence-corrected chi connectivity index (χ1v) is 8.86. The summed E-state index contributed by atoms with van der Waals surface area (Å²) in [6.07, 6.45) is -1.64. The first kappa shape index (κ1) is 14.9. The molecule has 1 N–H and O–H groups in total. The third kappa shape index (κ3) is 2.79. The van der Waals surface area contributed by atoms with Crippen LogP contribution < -0.4 is 14.2 Å². The van der Waals surface area contributed by atoms with Crippen molar-refractivity contribution in [2.24, 2.45) is 0 Å². The Morgan fingerprint density at radius 1 is 1.14 bits per heavy atom. The van der Waals surface area contributed by atoms with Crippen molar-refractivity contribution in [3.63, 3.8) is 0 Å². The molecule has 0 fully saturated rings. The summed E-state index contributed by atoms with van der Waals surface area (Å²) in [5.74, 6) is 0.185. The van der Waals surface area contributed by atoms with Gasteiger partial charge in [-0.3, -0.25) is 4.79 Å². The highest BCUT2D eigenvalue weighted by Crippen LogP contribution is 2.33. The number of hydrogen-bond donors (Lipinski definition) is 1. The van der Waals surface area contributed by atoms with E-state index < -0.39 is 28.1 Å². The van der Waals surface area contributed by atoms with E-state index in [9.17, 15) is 13.2 Å². The number of nitrogens with one attached hydrogen (secondary N) is 1. The average molecular weight is 339 g/mol. The predicted molar refractivity (Wildman–Crippen MR) is 80.6 cm³/mol. The van der Waals surface area contributed by atoms with Crippen LogP contribution in [0.2, 0.25) is 0 Å². The van der Waals surface area contributed by atoms with E-state index in [1.54, 1.807) is 42.6 Å². The van der Waals surface area contributed by atoms with E-state index >= 15 is 0 Å². The lowest BCUT2D eigenvalue weighted by Crippen LogP contribution is -2.50. The number of ether oxygens (including phenoxy) is 2. The van der Waals surface area contributed by atoms with Gasteiger partial charge in [-0.25, -0.2) is 13.1 Å². The van der Waals surface area contributed by atoms with Gasteiger partial charge in [-0.05, 0) is 30.5 Å². The van der Waals surface area contributed by atoms with E-state index in [-0.39, 0.29) is 4.21 Å². The first-order chi connectivity index (χ1) is 10.5. The predicted octanol–water partition coefficient (Wildman–Crippen LogP) is 1.78. The molecule has 116 valence electrons. The molecule has 2 atom stereocenters. The van der Waals surface area contributed by atoms with Crippen molar-refractivity contribution in [2.45, 2.75) is 23.3 Å². The molecule has 0 saturated heterocycles. The molecular weight excluding hydrogens is 326 g/mol. The van der Waals surface area contributed by atoms with Crippen LogP contribution in [0.3, 0.4) is 0 Å².